The average molecular weight is 409 g/mol. The average Bonchev–Trinajstić information content (AvgIpc) is 3.27. The predicted molar refractivity (Wildman–Crippen MR) is 114 cm³/mol. The van der Waals surface area contributed by atoms with Gasteiger partial charge in [0.2, 0.25) is 10.1 Å². The molecular formula is C21H21FN6S. The lowest BCUT2D eigenvalue weighted by molar-refractivity contribution is 0.483. The maximum absolute atomic E-state index is 13.5. The molecule has 1 aromatic carbocycles. The van der Waals surface area contributed by atoms with Crippen molar-refractivity contribution in [2.45, 2.75) is 19.9 Å². The Morgan fingerprint density at radius 3 is 2.76 bits per heavy atom. The molecule has 1 aliphatic rings. The zero-order chi connectivity index (χ0) is 20.0. The van der Waals surface area contributed by atoms with Crippen LogP contribution in [0, 0.1) is 12.7 Å². The molecular weight excluding hydrogens is 387 g/mol. The number of pyridine rings is 1. The van der Waals surface area contributed by atoms with Gasteiger partial charge in [-0.1, -0.05) is 11.3 Å². The maximum Gasteiger partial charge on any atom is 0.215 e. The van der Waals surface area contributed by atoms with Gasteiger partial charge in [-0.15, -0.1) is 5.10 Å². The summed E-state index contributed by atoms with van der Waals surface area (Å²) in [6.45, 7) is 6.91. The number of nitrogens with zero attached hydrogens (tertiary/aromatic N) is 5. The number of aromatic nitrogens is 4. The summed E-state index contributed by atoms with van der Waals surface area (Å²) >= 11 is 1.59. The summed E-state index contributed by atoms with van der Waals surface area (Å²) in [6, 6.07) is 10.9. The van der Waals surface area contributed by atoms with Crippen molar-refractivity contribution in [3.05, 3.63) is 54.1 Å². The molecule has 3 aromatic heterocycles. The molecule has 8 heteroatoms. The number of hydrogen-bond acceptors (Lipinski definition) is 6. The topological polar surface area (TPSA) is 58.4 Å². The lowest BCUT2D eigenvalue weighted by Gasteiger charge is -2.31. The summed E-state index contributed by atoms with van der Waals surface area (Å²) in [6.07, 6.45) is 1.79. The van der Waals surface area contributed by atoms with E-state index in [2.05, 4.69) is 22.1 Å². The van der Waals surface area contributed by atoms with E-state index in [-0.39, 0.29) is 5.82 Å². The molecule has 0 radical (unpaired) electrons. The Balaban J connectivity index is 1.67. The first-order valence-corrected chi connectivity index (χ1v) is 10.5. The SMILES string of the molecule is Cc1cc(-c2nc3sc(N4CCN[C@H](C)C4)nn3c2-c2ccc(F)cc2)ccn1. The van der Waals surface area contributed by atoms with Gasteiger partial charge in [0, 0.05) is 48.7 Å². The van der Waals surface area contributed by atoms with E-state index >= 15 is 0 Å². The fourth-order valence-electron chi connectivity index (χ4n) is 3.73. The molecule has 4 aromatic rings. The van der Waals surface area contributed by atoms with Crippen LogP contribution in [0.5, 0.6) is 0 Å². The number of aryl methyl sites for hydroxylation is 1. The molecule has 0 bridgehead atoms. The third-order valence-electron chi connectivity index (χ3n) is 5.12. The monoisotopic (exact) mass is 408 g/mol. The van der Waals surface area contributed by atoms with E-state index < -0.39 is 0 Å². The smallest absolute Gasteiger partial charge is 0.215 e. The van der Waals surface area contributed by atoms with Crippen molar-refractivity contribution in [2.75, 3.05) is 24.5 Å². The third-order valence-corrected chi connectivity index (χ3v) is 6.09. The normalized spacial score (nSPS) is 17.2. The van der Waals surface area contributed by atoms with Gasteiger partial charge in [0.05, 0.1) is 0 Å². The number of rotatable bonds is 3. The van der Waals surface area contributed by atoms with Crippen LogP contribution in [0.15, 0.2) is 42.6 Å². The van der Waals surface area contributed by atoms with Gasteiger partial charge in [0.25, 0.3) is 0 Å². The van der Waals surface area contributed by atoms with Crippen LogP contribution in [0.25, 0.3) is 27.5 Å². The van der Waals surface area contributed by atoms with Crippen LogP contribution in [-0.4, -0.2) is 45.3 Å². The second kappa shape index (κ2) is 7.20. The highest BCUT2D eigenvalue weighted by atomic mass is 32.1. The molecule has 0 spiro atoms. The molecule has 29 heavy (non-hydrogen) atoms. The molecule has 4 heterocycles. The Morgan fingerprint density at radius 2 is 2.00 bits per heavy atom. The van der Waals surface area contributed by atoms with E-state index in [1.165, 1.54) is 12.1 Å². The molecule has 6 nitrogen and oxygen atoms in total. The van der Waals surface area contributed by atoms with Crippen molar-refractivity contribution < 1.29 is 4.39 Å². The van der Waals surface area contributed by atoms with Crippen molar-refractivity contribution in [2.24, 2.45) is 0 Å². The zero-order valence-electron chi connectivity index (χ0n) is 16.3. The minimum atomic E-state index is -0.260. The molecule has 0 unspecified atom stereocenters. The number of anilines is 1. The van der Waals surface area contributed by atoms with Gasteiger partial charge >= 0.3 is 0 Å². The molecule has 1 N–H and O–H groups in total. The molecule has 0 aliphatic carbocycles. The van der Waals surface area contributed by atoms with Gasteiger partial charge in [-0.25, -0.2) is 13.9 Å². The van der Waals surface area contributed by atoms with Crippen LogP contribution >= 0.6 is 11.3 Å². The summed E-state index contributed by atoms with van der Waals surface area (Å²) in [5.74, 6) is -0.260. The standard InChI is InChI=1S/C21H21FN6S/c1-13-11-16(7-8-23-13)18-19(15-3-5-17(22)6-4-15)28-20(25-18)29-21(26-28)27-10-9-24-14(2)12-27/h3-8,11,14,24H,9-10,12H2,1-2H3/t14-/m1/s1. The fraction of sp³-hybridized carbons (Fsp3) is 0.286. The molecule has 1 aliphatic heterocycles. The van der Waals surface area contributed by atoms with E-state index in [0.717, 1.165) is 57.9 Å². The third kappa shape index (κ3) is 3.38. The van der Waals surface area contributed by atoms with Gasteiger partial charge in [-0.2, -0.15) is 0 Å². The van der Waals surface area contributed by atoms with Gasteiger partial charge < -0.3 is 10.2 Å². The second-order valence-electron chi connectivity index (χ2n) is 7.38. The summed E-state index contributed by atoms with van der Waals surface area (Å²) in [5, 5.41) is 9.32. The van der Waals surface area contributed by atoms with Crippen molar-refractivity contribution in [3.8, 4) is 22.5 Å². The first-order chi connectivity index (χ1) is 14.1. The number of benzene rings is 1. The first kappa shape index (κ1) is 18.2. The van der Waals surface area contributed by atoms with Gasteiger partial charge in [-0.3, -0.25) is 4.98 Å². The van der Waals surface area contributed by atoms with Crippen LogP contribution < -0.4 is 10.2 Å². The quantitative estimate of drug-likeness (QED) is 0.559. The van der Waals surface area contributed by atoms with Crippen LogP contribution in [-0.2, 0) is 0 Å². The lowest BCUT2D eigenvalue weighted by atomic mass is 10.1. The molecule has 1 saturated heterocycles. The molecule has 0 amide bonds. The molecule has 5 rings (SSSR count). The first-order valence-electron chi connectivity index (χ1n) is 9.65. The summed E-state index contributed by atoms with van der Waals surface area (Å²) in [7, 11) is 0. The molecule has 1 atom stereocenters. The number of imidazole rings is 1. The highest BCUT2D eigenvalue weighted by molar-refractivity contribution is 7.20. The van der Waals surface area contributed by atoms with E-state index in [4.69, 9.17) is 10.1 Å². The Bertz CT molecular complexity index is 1170. The summed E-state index contributed by atoms with van der Waals surface area (Å²) in [5.41, 5.74) is 4.49. The Hall–Kier alpha value is -2.84. The van der Waals surface area contributed by atoms with E-state index in [1.54, 1.807) is 29.7 Å². The minimum Gasteiger partial charge on any atom is -0.344 e. The molecule has 1 fully saturated rings. The number of fused-ring (bicyclic) bond motifs is 1. The Labute approximate surface area is 172 Å². The number of halogens is 1. The van der Waals surface area contributed by atoms with Crippen molar-refractivity contribution in [1.29, 1.82) is 0 Å². The van der Waals surface area contributed by atoms with Crippen molar-refractivity contribution >= 4 is 21.4 Å². The molecule has 0 saturated carbocycles. The Kier molecular flexibility index (Phi) is 4.52. The number of piperazine rings is 1. The molecule has 148 valence electrons. The largest absolute Gasteiger partial charge is 0.344 e. The summed E-state index contributed by atoms with van der Waals surface area (Å²) in [4.78, 5) is 12.3. The Morgan fingerprint density at radius 1 is 1.17 bits per heavy atom. The van der Waals surface area contributed by atoms with Crippen LogP contribution in [0.3, 0.4) is 0 Å². The van der Waals surface area contributed by atoms with Crippen LogP contribution in [0.2, 0.25) is 0 Å². The van der Waals surface area contributed by atoms with Crippen LogP contribution in [0.4, 0.5) is 9.52 Å². The predicted octanol–water partition coefficient (Wildman–Crippen LogP) is 3.77. The number of hydrogen-bond donors (Lipinski definition) is 1. The maximum atomic E-state index is 13.5. The lowest BCUT2D eigenvalue weighted by Crippen LogP contribution is -2.49. The van der Waals surface area contributed by atoms with Gasteiger partial charge in [-0.05, 0) is 50.2 Å². The fourth-order valence-corrected chi connectivity index (χ4v) is 4.67. The van der Waals surface area contributed by atoms with E-state index in [9.17, 15) is 4.39 Å². The van der Waals surface area contributed by atoms with Gasteiger partial charge in [0.15, 0.2) is 0 Å². The van der Waals surface area contributed by atoms with Gasteiger partial charge in [0.1, 0.15) is 17.2 Å². The van der Waals surface area contributed by atoms with Crippen molar-refractivity contribution in [1.82, 2.24) is 24.9 Å². The van der Waals surface area contributed by atoms with E-state index in [1.807, 2.05) is 23.6 Å². The highest BCUT2D eigenvalue weighted by Gasteiger charge is 2.24. The zero-order valence-corrected chi connectivity index (χ0v) is 17.1. The van der Waals surface area contributed by atoms with Crippen LogP contribution in [0.1, 0.15) is 12.6 Å². The van der Waals surface area contributed by atoms with E-state index in [0.29, 0.717) is 6.04 Å². The minimum absolute atomic E-state index is 0.260. The summed E-state index contributed by atoms with van der Waals surface area (Å²) < 4.78 is 15.4. The second-order valence-corrected chi connectivity index (χ2v) is 8.32. The number of nitrogens with one attached hydrogen (secondary N) is 1. The highest BCUT2D eigenvalue weighted by Crippen LogP contribution is 2.36. The van der Waals surface area contributed by atoms with Crippen molar-refractivity contribution in [3.63, 3.8) is 0 Å².